The van der Waals surface area contributed by atoms with Gasteiger partial charge < -0.3 is 10.6 Å². The van der Waals surface area contributed by atoms with Crippen LogP contribution in [0, 0.1) is 0 Å². The SMILES string of the molecule is CCC(NC(=O)CNC)c1ccncc1.Cl. The number of halogens is 1. The Balaban J connectivity index is 0.00000225. The third-order valence-electron chi connectivity index (χ3n) is 2.19. The maximum absolute atomic E-state index is 11.4. The highest BCUT2D eigenvalue weighted by molar-refractivity contribution is 5.85. The van der Waals surface area contributed by atoms with E-state index in [9.17, 15) is 4.79 Å². The highest BCUT2D eigenvalue weighted by atomic mass is 35.5. The molecule has 0 aliphatic rings. The van der Waals surface area contributed by atoms with Crippen LogP contribution in [-0.4, -0.2) is 24.5 Å². The molecule has 1 heterocycles. The molecule has 5 heteroatoms. The predicted molar refractivity (Wildman–Crippen MR) is 66.6 cm³/mol. The quantitative estimate of drug-likeness (QED) is 0.820. The number of nitrogens with zero attached hydrogens (tertiary/aromatic N) is 1. The smallest absolute Gasteiger partial charge is 0.234 e. The lowest BCUT2D eigenvalue weighted by molar-refractivity contribution is -0.120. The van der Waals surface area contributed by atoms with Crippen molar-refractivity contribution in [2.45, 2.75) is 19.4 Å². The lowest BCUT2D eigenvalue weighted by Crippen LogP contribution is -2.34. The summed E-state index contributed by atoms with van der Waals surface area (Å²) in [5.74, 6) is 0.0150. The molecule has 1 atom stereocenters. The molecule has 0 bridgehead atoms. The molecule has 0 aliphatic carbocycles. The van der Waals surface area contributed by atoms with Gasteiger partial charge in [-0.1, -0.05) is 6.92 Å². The predicted octanol–water partition coefficient (Wildman–Crippen LogP) is 1.29. The molecule has 0 aromatic carbocycles. The highest BCUT2D eigenvalue weighted by Crippen LogP contribution is 2.14. The Morgan fingerprint density at radius 2 is 2.06 bits per heavy atom. The second-order valence-corrected chi connectivity index (χ2v) is 3.34. The Kier molecular flexibility index (Phi) is 7.50. The Morgan fingerprint density at radius 1 is 1.44 bits per heavy atom. The first-order valence-corrected chi connectivity index (χ1v) is 5.11. The molecule has 0 aliphatic heterocycles. The van der Waals surface area contributed by atoms with Crippen molar-refractivity contribution < 1.29 is 4.79 Å². The van der Waals surface area contributed by atoms with Crippen LogP contribution in [-0.2, 0) is 4.79 Å². The zero-order valence-corrected chi connectivity index (χ0v) is 10.4. The molecule has 0 saturated heterocycles. The molecule has 1 amide bonds. The Morgan fingerprint density at radius 3 is 2.56 bits per heavy atom. The summed E-state index contributed by atoms with van der Waals surface area (Å²) >= 11 is 0. The van der Waals surface area contributed by atoms with Gasteiger partial charge in [-0.15, -0.1) is 12.4 Å². The highest BCUT2D eigenvalue weighted by Gasteiger charge is 2.11. The lowest BCUT2D eigenvalue weighted by atomic mass is 10.1. The average molecular weight is 244 g/mol. The number of amides is 1. The van der Waals surface area contributed by atoms with Gasteiger partial charge in [0.2, 0.25) is 5.91 Å². The van der Waals surface area contributed by atoms with Gasteiger partial charge in [0, 0.05) is 12.4 Å². The first-order valence-electron chi connectivity index (χ1n) is 5.11. The van der Waals surface area contributed by atoms with Crippen LogP contribution in [0.15, 0.2) is 24.5 Å². The molecule has 1 rings (SSSR count). The molecule has 2 N–H and O–H groups in total. The van der Waals surface area contributed by atoms with Gasteiger partial charge in [-0.2, -0.15) is 0 Å². The van der Waals surface area contributed by atoms with Crippen LogP contribution >= 0.6 is 12.4 Å². The molecule has 1 unspecified atom stereocenters. The van der Waals surface area contributed by atoms with E-state index in [1.807, 2.05) is 19.1 Å². The fourth-order valence-corrected chi connectivity index (χ4v) is 1.42. The fraction of sp³-hybridized carbons (Fsp3) is 0.455. The van der Waals surface area contributed by atoms with Crippen LogP contribution in [0.4, 0.5) is 0 Å². The zero-order chi connectivity index (χ0) is 11.1. The lowest BCUT2D eigenvalue weighted by Gasteiger charge is -2.16. The van der Waals surface area contributed by atoms with Gasteiger partial charge in [0.15, 0.2) is 0 Å². The molecule has 90 valence electrons. The van der Waals surface area contributed by atoms with Crippen LogP contribution in [0.3, 0.4) is 0 Å². The van der Waals surface area contributed by atoms with E-state index < -0.39 is 0 Å². The molecule has 1 aromatic rings. The summed E-state index contributed by atoms with van der Waals surface area (Å²) in [6, 6.07) is 3.93. The molecular formula is C11H18ClN3O. The average Bonchev–Trinajstić information content (AvgIpc) is 2.27. The summed E-state index contributed by atoms with van der Waals surface area (Å²) in [6.45, 7) is 2.40. The van der Waals surface area contributed by atoms with Gasteiger partial charge in [-0.25, -0.2) is 0 Å². The standard InChI is InChI=1S/C11H17N3O.ClH/c1-3-10(14-11(15)8-12-2)9-4-6-13-7-5-9;/h4-7,10,12H,3,8H2,1-2H3,(H,14,15);1H. The van der Waals surface area contributed by atoms with Crippen molar-refractivity contribution in [3.63, 3.8) is 0 Å². The van der Waals surface area contributed by atoms with E-state index in [0.29, 0.717) is 6.54 Å². The minimum atomic E-state index is 0. The Labute approximate surface area is 102 Å². The maximum Gasteiger partial charge on any atom is 0.234 e. The minimum absolute atomic E-state index is 0. The van der Waals surface area contributed by atoms with Crippen LogP contribution in [0.2, 0.25) is 0 Å². The van der Waals surface area contributed by atoms with Gasteiger partial charge >= 0.3 is 0 Å². The summed E-state index contributed by atoms with van der Waals surface area (Å²) in [5.41, 5.74) is 1.09. The third-order valence-corrected chi connectivity index (χ3v) is 2.19. The fourth-order valence-electron chi connectivity index (χ4n) is 1.42. The van der Waals surface area contributed by atoms with Gasteiger partial charge in [-0.05, 0) is 31.2 Å². The summed E-state index contributed by atoms with van der Waals surface area (Å²) < 4.78 is 0. The largest absolute Gasteiger partial charge is 0.348 e. The number of pyridine rings is 1. The molecule has 0 spiro atoms. The number of hydrogen-bond donors (Lipinski definition) is 2. The van der Waals surface area contributed by atoms with E-state index in [4.69, 9.17) is 0 Å². The van der Waals surface area contributed by atoms with Gasteiger partial charge in [-0.3, -0.25) is 9.78 Å². The number of carbonyl (C=O) groups is 1. The first-order chi connectivity index (χ1) is 7.27. The minimum Gasteiger partial charge on any atom is -0.348 e. The van der Waals surface area contributed by atoms with Gasteiger partial charge in [0.25, 0.3) is 0 Å². The number of likely N-dealkylation sites (N-methyl/N-ethyl adjacent to an activating group) is 1. The number of aromatic nitrogens is 1. The number of hydrogen-bond acceptors (Lipinski definition) is 3. The summed E-state index contributed by atoms with van der Waals surface area (Å²) in [7, 11) is 1.76. The Bertz CT molecular complexity index is 305. The summed E-state index contributed by atoms with van der Waals surface area (Å²) in [4.78, 5) is 15.3. The monoisotopic (exact) mass is 243 g/mol. The topological polar surface area (TPSA) is 54.0 Å². The maximum atomic E-state index is 11.4. The normalized spacial score (nSPS) is 11.4. The molecule has 0 radical (unpaired) electrons. The summed E-state index contributed by atoms with van der Waals surface area (Å²) in [5, 5.41) is 5.78. The second-order valence-electron chi connectivity index (χ2n) is 3.34. The molecule has 4 nitrogen and oxygen atoms in total. The van der Waals surface area contributed by atoms with Crippen LogP contribution in [0.5, 0.6) is 0 Å². The third kappa shape index (κ3) is 4.59. The number of rotatable bonds is 5. The number of nitrogens with one attached hydrogen (secondary N) is 2. The molecule has 0 fully saturated rings. The molecule has 1 aromatic heterocycles. The molecule has 0 saturated carbocycles. The van der Waals surface area contributed by atoms with Crippen molar-refractivity contribution in [2.24, 2.45) is 0 Å². The van der Waals surface area contributed by atoms with E-state index in [-0.39, 0.29) is 24.4 Å². The van der Waals surface area contributed by atoms with Crippen molar-refractivity contribution in [3.05, 3.63) is 30.1 Å². The van der Waals surface area contributed by atoms with E-state index in [1.165, 1.54) is 0 Å². The van der Waals surface area contributed by atoms with Crippen LogP contribution in [0.25, 0.3) is 0 Å². The van der Waals surface area contributed by atoms with Crippen LogP contribution in [0.1, 0.15) is 24.9 Å². The van der Waals surface area contributed by atoms with Crippen molar-refractivity contribution in [1.82, 2.24) is 15.6 Å². The van der Waals surface area contributed by atoms with E-state index in [0.717, 1.165) is 12.0 Å². The number of carbonyl (C=O) groups excluding carboxylic acids is 1. The zero-order valence-electron chi connectivity index (χ0n) is 9.56. The van der Waals surface area contributed by atoms with Crippen molar-refractivity contribution in [1.29, 1.82) is 0 Å². The first kappa shape index (κ1) is 14.9. The summed E-state index contributed by atoms with van der Waals surface area (Å²) in [6.07, 6.45) is 4.35. The van der Waals surface area contributed by atoms with E-state index >= 15 is 0 Å². The van der Waals surface area contributed by atoms with E-state index in [2.05, 4.69) is 15.6 Å². The van der Waals surface area contributed by atoms with Gasteiger partial charge in [0.1, 0.15) is 0 Å². The molecular weight excluding hydrogens is 226 g/mol. The van der Waals surface area contributed by atoms with Crippen molar-refractivity contribution in [2.75, 3.05) is 13.6 Å². The van der Waals surface area contributed by atoms with Gasteiger partial charge in [0.05, 0.1) is 12.6 Å². The van der Waals surface area contributed by atoms with Crippen LogP contribution < -0.4 is 10.6 Å². The second kappa shape index (κ2) is 8.07. The van der Waals surface area contributed by atoms with Crippen molar-refractivity contribution >= 4 is 18.3 Å². The molecule has 16 heavy (non-hydrogen) atoms. The Hall–Kier alpha value is -1.13. The van der Waals surface area contributed by atoms with Crippen molar-refractivity contribution in [3.8, 4) is 0 Å². The van der Waals surface area contributed by atoms with E-state index in [1.54, 1.807) is 19.4 Å².